The smallest absolute Gasteiger partial charge is 0.355 e. The number of hydrogen-bond donors (Lipinski definition) is 2. The minimum absolute atomic E-state index is 0.0651. The number of carbonyl (C=O) groups is 5. The van der Waals surface area contributed by atoms with Gasteiger partial charge in [0.2, 0.25) is 0 Å². The molecule has 0 radical (unpaired) electrons. The van der Waals surface area contributed by atoms with Crippen LogP contribution in [0, 0.1) is 11.5 Å². The summed E-state index contributed by atoms with van der Waals surface area (Å²) in [5.41, 5.74) is 2.58. The Balaban J connectivity index is 1.35. The molecule has 1 saturated heterocycles. The molecule has 0 aliphatic carbocycles. The van der Waals surface area contributed by atoms with Crippen molar-refractivity contribution < 1.29 is 43.0 Å². The third-order valence-electron chi connectivity index (χ3n) is 8.29. The van der Waals surface area contributed by atoms with Gasteiger partial charge in [-0.2, -0.15) is 5.26 Å². The Kier molecular flexibility index (Phi) is 12.1. The molecule has 4 heterocycles. The molecule has 2 unspecified atom stereocenters. The topological polar surface area (TPSA) is 201 Å². The average Bonchev–Trinajstić information content (AvgIpc) is 3.53. The highest BCUT2D eigenvalue weighted by molar-refractivity contribution is 8.00. The van der Waals surface area contributed by atoms with Gasteiger partial charge in [0.25, 0.3) is 17.7 Å². The summed E-state index contributed by atoms with van der Waals surface area (Å²) in [6.07, 6.45) is 9.93. The molecule has 54 heavy (non-hydrogen) atoms. The van der Waals surface area contributed by atoms with Crippen LogP contribution in [0.1, 0.15) is 39.7 Å². The zero-order valence-corrected chi connectivity index (χ0v) is 31.3. The third-order valence-corrected chi connectivity index (χ3v) is 9.63. The first-order chi connectivity index (χ1) is 25.7. The summed E-state index contributed by atoms with van der Waals surface area (Å²) in [5.74, 6) is -2.37. The number of carbonyl (C=O) groups excluding carboxylic acids is 5. The number of methoxy groups -OCH3 is 1. The van der Waals surface area contributed by atoms with Crippen LogP contribution in [0.25, 0.3) is 0 Å². The summed E-state index contributed by atoms with van der Waals surface area (Å²) < 4.78 is 16.2. The van der Waals surface area contributed by atoms with E-state index in [0.29, 0.717) is 33.8 Å². The predicted octanol–water partition coefficient (Wildman–Crippen LogP) is 2.72. The highest BCUT2D eigenvalue weighted by Gasteiger charge is 2.54. The van der Waals surface area contributed by atoms with Gasteiger partial charge in [0.05, 0.1) is 13.5 Å². The SMILES string of the molecule is CO/N=C(\CC(=O)OC(C)(C)C)C(=O)NC1C(=O)N2C(C(=O)OCc3ccc(OC)cc3)=C(CN3C=CC(=C4C=NC(C(=O)NC#N)=C4C)C=C3)CSC12. The maximum absolute atomic E-state index is 13.8. The highest BCUT2D eigenvalue weighted by Crippen LogP contribution is 2.41. The van der Waals surface area contributed by atoms with Crippen molar-refractivity contribution in [3.8, 4) is 11.9 Å². The van der Waals surface area contributed by atoms with E-state index in [1.54, 1.807) is 83.9 Å². The second kappa shape index (κ2) is 16.7. The number of thioether (sulfide) groups is 1. The van der Waals surface area contributed by atoms with Crippen molar-refractivity contribution in [2.75, 3.05) is 26.5 Å². The zero-order chi connectivity index (χ0) is 39.2. The lowest BCUT2D eigenvalue weighted by Crippen LogP contribution is -2.71. The van der Waals surface area contributed by atoms with Crippen LogP contribution in [0.5, 0.6) is 5.75 Å². The van der Waals surface area contributed by atoms with E-state index in [9.17, 15) is 24.0 Å². The Morgan fingerprint density at radius 2 is 1.81 bits per heavy atom. The molecule has 2 atom stereocenters. The van der Waals surface area contributed by atoms with E-state index in [0.717, 1.165) is 5.57 Å². The highest BCUT2D eigenvalue weighted by atomic mass is 32.2. The molecule has 16 nitrogen and oxygen atoms in total. The molecule has 3 amide bonds. The van der Waals surface area contributed by atoms with Gasteiger partial charge in [-0.05, 0) is 74.3 Å². The Bertz CT molecular complexity index is 1980. The van der Waals surface area contributed by atoms with Crippen LogP contribution >= 0.6 is 11.8 Å². The van der Waals surface area contributed by atoms with Gasteiger partial charge in [0, 0.05) is 36.5 Å². The van der Waals surface area contributed by atoms with E-state index in [1.807, 2.05) is 17.1 Å². The molecule has 2 N–H and O–H groups in total. The van der Waals surface area contributed by atoms with Gasteiger partial charge in [-0.3, -0.25) is 34.4 Å². The molecule has 282 valence electrons. The lowest BCUT2D eigenvalue weighted by Gasteiger charge is -2.50. The molecule has 4 aliphatic heterocycles. The van der Waals surface area contributed by atoms with Crippen molar-refractivity contribution >= 4 is 53.3 Å². The van der Waals surface area contributed by atoms with Gasteiger partial charge < -0.3 is 29.3 Å². The van der Waals surface area contributed by atoms with Crippen LogP contribution in [-0.4, -0.2) is 94.9 Å². The number of hydrogen-bond acceptors (Lipinski definition) is 14. The molecular formula is C37H39N7O9S. The van der Waals surface area contributed by atoms with Crippen LogP contribution in [-0.2, 0) is 44.9 Å². The van der Waals surface area contributed by atoms with Crippen molar-refractivity contribution in [3.05, 3.63) is 88.1 Å². The minimum Gasteiger partial charge on any atom is -0.497 e. The van der Waals surface area contributed by atoms with Crippen LogP contribution < -0.4 is 15.4 Å². The number of nitrogens with zero attached hydrogens (tertiary/aromatic N) is 5. The molecule has 17 heteroatoms. The first kappa shape index (κ1) is 39.1. The summed E-state index contributed by atoms with van der Waals surface area (Å²) in [5, 5.41) is 16.6. The Hall–Kier alpha value is -6.15. The largest absolute Gasteiger partial charge is 0.497 e. The van der Waals surface area contributed by atoms with Crippen molar-refractivity contribution in [1.29, 1.82) is 5.26 Å². The molecule has 4 aliphatic rings. The van der Waals surface area contributed by atoms with Crippen LogP contribution in [0.2, 0.25) is 0 Å². The lowest BCUT2D eigenvalue weighted by atomic mass is 10.00. The van der Waals surface area contributed by atoms with Crippen molar-refractivity contribution in [2.45, 2.75) is 57.7 Å². The van der Waals surface area contributed by atoms with Crippen LogP contribution in [0.3, 0.4) is 0 Å². The maximum atomic E-state index is 13.8. The van der Waals surface area contributed by atoms with E-state index in [-0.39, 0.29) is 30.3 Å². The van der Waals surface area contributed by atoms with Gasteiger partial charge in [-0.15, -0.1) is 11.8 Å². The number of benzene rings is 1. The van der Waals surface area contributed by atoms with Crippen molar-refractivity contribution in [2.24, 2.45) is 10.1 Å². The van der Waals surface area contributed by atoms with E-state index < -0.39 is 53.1 Å². The number of fused-ring (bicyclic) bond motifs is 1. The number of β-lactam (4-membered cyclic amide) rings is 1. The fraction of sp³-hybridized carbons (Fsp3) is 0.351. The molecule has 1 fully saturated rings. The number of ether oxygens (including phenoxy) is 3. The first-order valence-electron chi connectivity index (χ1n) is 16.6. The molecule has 0 spiro atoms. The number of rotatable bonds is 12. The number of amides is 3. The fourth-order valence-corrected chi connectivity index (χ4v) is 7.11. The monoisotopic (exact) mass is 757 g/mol. The number of nitriles is 1. The maximum Gasteiger partial charge on any atom is 0.355 e. The zero-order valence-electron chi connectivity index (χ0n) is 30.5. The van der Waals surface area contributed by atoms with E-state index >= 15 is 0 Å². The first-order valence-corrected chi connectivity index (χ1v) is 17.7. The van der Waals surface area contributed by atoms with Gasteiger partial charge in [0.1, 0.15) is 47.9 Å². The number of esters is 2. The molecule has 1 aromatic carbocycles. The second-order valence-electron chi connectivity index (χ2n) is 13.2. The Labute approximate surface area is 315 Å². The molecule has 0 aromatic heterocycles. The Morgan fingerprint density at radius 1 is 1.11 bits per heavy atom. The van der Waals surface area contributed by atoms with E-state index in [2.05, 4.69) is 20.8 Å². The molecule has 0 saturated carbocycles. The number of aliphatic imine (C=N–C) groups is 1. The van der Waals surface area contributed by atoms with Crippen LogP contribution in [0.4, 0.5) is 0 Å². The predicted molar refractivity (Wildman–Crippen MR) is 197 cm³/mol. The molecule has 5 rings (SSSR count). The quantitative estimate of drug-likeness (QED) is 0.0790. The molecule has 1 aromatic rings. The van der Waals surface area contributed by atoms with Crippen LogP contribution in [0.15, 0.2) is 92.7 Å². The summed E-state index contributed by atoms with van der Waals surface area (Å²) in [6, 6.07) is 5.98. The second-order valence-corrected chi connectivity index (χ2v) is 14.3. The molecule has 0 bridgehead atoms. The standard InChI is InChI=1S/C37H39N7O9S/c1-21-26(16-39-29(21)33(47)40-20-38)23-11-13-43(14-12-23)17-24-19-54-35-30(41-32(46)27(42-51-6)15-28(45)53-37(2,3)4)34(48)44(35)31(24)36(49)52-18-22-7-9-25(50-5)10-8-22/h7-14,16,30,35H,15,17-19H2,1-6H3,(H,40,47)(H,41,46)/b42-27+. The summed E-state index contributed by atoms with van der Waals surface area (Å²) in [7, 11) is 2.78. The summed E-state index contributed by atoms with van der Waals surface area (Å²) >= 11 is 1.36. The van der Waals surface area contributed by atoms with E-state index in [1.165, 1.54) is 23.8 Å². The van der Waals surface area contributed by atoms with Gasteiger partial charge in [-0.25, -0.2) is 4.79 Å². The Morgan fingerprint density at radius 3 is 2.44 bits per heavy atom. The lowest BCUT2D eigenvalue weighted by molar-refractivity contribution is -0.154. The third kappa shape index (κ3) is 8.89. The summed E-state index contributed by atoms with van der Waals surface area (Å²) in [6.45, 7) is 6.97. The van der Waals surface area contributed by atoms with Gasteiger partial charge >= 0.3 is 11.9 Å². The van der Waals surface area contributed by atoms with E-state index in [4.69, 9.17) is 24.3 Å². The average molecular weight is 758 g/mol. The minimum atomic E-state index is -1.03. The number of allylic oxidation sites excluding steroid dienone is 5. The molecular weight excluding hydrogens is 719 g/mol. The normalized spacial score (nSPS) is 19.3. The number of oxime groups is 1. The van der Waals surface area contributed by atoms with Crippen molar-refractivity contribution in [3.63, 3.8) is 0 Å². The summed E-state index contributed by atoms with van der Waals surface area (Å²) in [4.78, 5) is 77.5. The fourth-order valence-electron chi connectivity index (χ4n) is 5.78. The van der Waals surface area contributed by atoms with Gasteiger partial charge in [-0.1, -0.05) is 17.3 Å². The van der Waals surface area contributed by atoms with Crippen molar-refractivity contribution in [1.82, 2.24) is 20.4 Å². The van der Waals surface area contributed by atoms with Gasteiger partial charge in [0.15, 0.2) is 11.9 Å². The number of nitrogens with one attached hydrogen (secondary N) is 2.